The lowest BCUT2D eigenvalue weighted by atomic mass is 9.86. The molecule has 2 rings (SSSR count). The van der Waals surface area contributed by atoms with Crippen LogP contribution >= 0.6 is 0 Å². The molecular formula is C19H23NO3. The van der Waals surface area contributed by atoms with E-state index in [1.165, 1.54) is 0 Å². The molecule has 0 fully saturated rings. The van der Waals surface area contributed by atoms with Crippen LogP contribution in [-0.2, 0) is 5.41 Å². The summed E-state index contributed by atoms with van der Waals surface area (Å²) >= 11 is 0. The smallest absolute Gasteiger partial charge is 0.259 e. The molecule has 0 aromatic heterocycles. The number of carbonyl (C=O) groups excluding carboxylic acids is 1. The van der Waals surface area contributed by atoms with Crippen LogP contribution in [0.1, 0.15) is 36.7 Å². The number of hydrogen-bond donors (Lipinski definition) is 1. The van der Waals surface area contributed by atoms with E-state index in [1.54, 1.807) is 32.4 Å². The quantitative estimate of drug-likeness (QED) is 0.917. The third kappa shape index (κ3) is 3.83. The Kier molecular flexibility index (Phi) is 4.94. The van der Waals surface area contributed by atoms with Crippen molar-refractivity contribution in [3.8, 4) is 11.5 Å². The monoisotopic (exact) mass is 313 g/mol. The summed E-state index contributed by atoms with van der Waals surface area (Å²) in [6.07, 6.45) is 0. The molecule has 23 heavy (non-hydrogen) atoms. The van der Waals surface area contributed by atoms with Gasteiger partial charge in [0.25, 0.3) is 5.91 Å². The van der Waals surface area contributed by atoms with Gasteiger partial charge in [-0.15, -0.1) is 0 Å². The second kappa shape index (κ2) is 6.73. The van der Waals surface area contributed by atoms with Gasteiger partial charge in [0.05, 0.1) is 19.8 Å². The van der Waals surface area contributed by atoms with Crippen molar-refractivity contribution in [3.63, 3.8) is 0 Å². The Labute approximate surface area is 137 Å². The Morgan fingerprint density at radius 3 is 2.30 bits per heavy atom. The van der Waals surface area contributed by atoms with E-state index in [1.807, 2.05) is 24.3 Å². The first-order valence-corrected chi connectivity index (χ1v) is 7.49. The van der Waals surface area contributed by atoms with Crippen molar-refractivity contribution in [2.24, 2.45) is 0 Å². The summed E-state index contributed by atoms with van der Waals surface area (Å²) in [5, 5.41) is 2.98. The predicted octanol–water partition coefficient (Wildman–Crippen LogP) is 4.25. The van der Waals surface area contributed by atoms with Gasteiger partial charge in [-0.25, -0.2) is 0 Å². The van der Waals surface area contributed by atoms with Crippen molar-refractivity contribution >= 4 is 11.6 Å². The van der Waals surface area contributed by atoms with Gasteiger partial charge in [0.15, 0.2) is 0 Å². The van der Waals surface area contributed by atoms with Crippen LogP contribution in [0.15, 0.2) is 42.5 Å². The lowest BCUT2D eigenvalue weighted by molar-refractivity contribution is 0.102. The van der Waals surface area contributed by atoms with E-state index in [0.29, 0.717) is 17.1 Å². The molecule has 122 valence electrons. The average molecular weight is 313 g/mol. The van der Waals surface area contributed by atoms with Gasteiger partial charge in [-0.2, -0.15) is 0 Å². The number of benzene rings is 2. The standard InChI is InChI=1S/C19H23NO3/c1-19(2,3)15-8-6-7-9-16(15)20-18(21)14-12-13(22-4)10-11-17(14)23-5/h6-12H,1-5H3,(H,20,21). The zero-order valence-electron chi connectivity index (χ0n) is 14.3. The fourth-order valence-corrected chi connectivity index (χ4v) is 2.43. The molecule has 2 aromatic carbocycles. The minimum atomic E-state index is -0.225. The minimum Gasteiger partial charge on any atom is -0.497 e. The number of rotatable bonds is 4. The van der Waals surface area contributed by atoms with Gasteiger partial charge in [0, 0.05) is 5.69 Å². The molecule has 0 bridgehead atoms. The van der Waals surface area contributed by atoms with E-state index in [0.717, 1.165) is 11.3 Å². The van der Waals surface area contributed by atoms with Crippen molar-refractivity contribution in [2.75, 3.05) is 19.5 Å². The maximum Gasteiger partial charge on any atom is 0.259 e. The summed E-state index contributed by atoms with van der Waals surface area (Å²) in [5.74, 6) is 0.897. The molecule has 0 heterocycles. The first kappa shape index (κ1) is 16.9. The van der Waals surface area contributed by atoms with Gasteiger partial charge < -0.3 is 14.8 Å². The Hall–Kier alpha value is -2.49. The highest BCUT2D eigenvalue weighted by molar-refractivity contribution is 6.06. The number of ether oxygens (including phenoxy) is 2. The molecule has 2 aromatic rings. The van der Waals surface area contributed by atoms with E-state index in [-0.39, 0.29) is 11.3 Å². The van der Waals surface area contributed by atoms with Crippen LogP contribution in [0.3, 0.4) is 0 Å². The van der Waals surface area contributed by atoms with E-state index in [4.69, 9.17) is 9.47 Å². The predicted molar refractivity (Wildman–Crippen MR) is 92.6 cm³/mol. The lowest BCUT2D eigenvalue weighted by Gasteiger charge is -2.23. The van der Waals surface area contributed by atoms with Crippen LogP contribution in [0.25, 0.3) is 0 Å². The Balaban J connectivity index is 2.37. The Morgan fingerprint density at radius 2 is 1.70 bits per heavy atom. The third-order valence-electron chi connectivity index (χ3n) is 3.63. The van der Waals surface area contributed by atoms with Crippen LogP contribution < -0.4 is 14.8 Å². The van der Waals surface area contributed by atoms with Gasteiger partial charge in [0.1, 0.15) is 11.5 Å². The summed E-state index contributed by atoms with van der Waals surface area (Å²) in [4.78, 5) is 12.7. The van der Waals surface area contributed by atoms with E-state index < -0.39 is 0 Å². The number of para-hydroxylation sites is 1. The van der Waals surface area contributed by atoms with Crippen molar-refractivity contribution in [1.82, 2.24) is 0 Å². The largest absolute Gasteiger partial charge is 0.497 e. The molecule has 0 aliphatic carbocycles. The molecule has 1 N–H and O–H groups in total. The van der Waals surface area contributed by atoms with Crippen LogP contribution in [0, 0.1) is 0 Å². The van der Waals surface area contributed by atoms with E-state index >= 15 is 0 Å². The molecule has 0 radical (unpaired) electrons. The van der Waals surface area contributed by atoms with Gasteiger partial charge in [-0.05, 0) is 35.2 Å². The number of hydrogen-bond acceptors (Lipinski definition) is 3. The van der Waals surface area contributed by atoms with Crippen LogP contribution in [0.4, 0.5) is 5.69 Å². The highest BCUT2D eigenvalue weighted by Gasteiger charge is 2.20. The van der Waals surface area contributed by atoms with E-state index in [9.17, 15) is 4.79 Å². The maximum absolute atomic E-state index is 12.7. The van der Waals surface area contributed by atoms with Crippen molar-refractivity contribution in [3.05, 3.63) is 53.6 Å². The highest BCUT2D eigenvalue weighted by Crippen LogP contribution is 2.31. The zero-order chi connectivity index (χ0) is 17.0. The fourth-order valence-electron chi connectivity index (χ4n) is 2.43. The summed E-state index contributed by atoms with van der Waals surface area (Å²) in [7, 11) is 3.11. The average Bonchev–Trinajstić information content (AvgIpc) is 2.53. The molecular weight excluding hydrogens is 290 g/mol. The third-order valence-corrected chi connectivity index (χ3v) is 3.63. The molecule has 0 atom stereocenters. The molecule has 0 aliphatic rings. The molecule has 0 saturated heterocycles. The molecule has 1 amide bonds. The first-order chi connectivity index (χ1) is 10.9. The van der Waals surface area contributed by atoms with Gasteiger partial charge >= 0.3 is 0 Å². The van der Waals surface area contributed by atoms with Crippen molar-refractivity contribution in [2.45, 2.75) is 26.2 Å². The number of nitrogens with one attached hydrogen (secondary N) is 1. The highest BCUT2D eigenvalue weighted by atomic mass is 16.5. The molecule has 0 saturated carbocycles. The molecule has 0 spiro atoms. The van der Waals surface area contributed by atoms with E-state index in [2.05, 4.69) is 26.1 Å². The lowest BCUT2D eigenvalue weighted by Crippen LogP contribution is -2.19. The second-order valence-electron chi connectivity index (χ2n) is 6.32. The van der Waals surface area contributed by atoms with Crippen LogP contribution in [-0.4, -0.2) is 20.1 Å². The zero-order valence-corrected chi connectivity index (χ0v) is 14.3. The van der Waals surface area contributed by atoms with Crippen LogP contribution in [0.2, 0.25) is 0 Å². The summed E-state index contributed by atoms with van der Waals surface area (Å²) < 4.78 is 10.5. The number of amides is 1. The van der Waals surface area contributed by atoms with Gasteiger partial charge in [0.2, 0.25) is 0 Å². The minimum absolute atomic E-state index is 0.0671. The SMILES string of the molecule is COc1ccc(OC)c(C(=O)Nc2ccccc2C(C)(C)C)c1. The topological polar surface area (TPSA) is 47.6 Å². The normalized spacial score (nSPS) is 11.0. The Morgan fingerprint density at radius 1 is 1.00 bits per heavy atom. The number of carbonyl (C=O) groups is 1. The number of methoxy groups -OCH3 is 2. The summed E-state index contributed by atoms with van der Waals surface area (Å²) in [5.41, 5.74) is 2.25. The first-order valence-electron chi connectivity index (χ1n) is 7.49. The molecule has 0 unspecified atom stereocenters. The summed E-state index contributed by atoms with van der Waals surface area (Å²) in [6, 6.07) is 13.0. The van der Waals surface area contributed by atoms with Crippen molar-refractivity contribution in [1.29, 1.82) is 0 Å². The van der Waals surface area contributed by atoms with Crippen LogP contribution in [0.5, 0.6) is 11.5 Å². The molecule has 4 nitrogen and oxygen atoms in total. The second-order valence-corrected chi connectivity index (χ2v) is 6.32. The number of anilines is 1. The maximum atomic E-state index is 12.7. The fraction of sp³-hybridized carbons (Fsp3) is 0.316. The van der Waals surface area contributed by atoms with Crippen molar-refractivity contribution < 1.29 is 14.3 Å². The molecule has 4 heteroatoms. The molecule has 0 aliphatic heterocycles. The van der Waals surface area contributed by atoms with Gasteiger partial charge in [-0.1, -0.05) is 39.0 Å². The van der Waals surface area contributed by atoms with Gasteiger partial charge in [-0.3, -0.25) is 4.79 Å². The Bertz CT molecular complexity index is 702. The summed E-state index contributed by atoms with van der Waals surface area (Å²) in [6.45, 7) is 6.35.